The van der Waals surface area contributed by atoms with Crippen molar-refractivity contribution in [3.8, 4) is 0 Å². The fourth-order valence-electron chi connectivity index (χ4n) is 1.92. The van der Waals surface area contributed by atoms with E-state index in [4.69, 9.17) is 0 Å². The van der Waals surface area contributed by atoms with Crippen molar-refractivity contribution in [1.29, 1.82) is 0 Å². The van der Waals surface area contributed by atoms with Crippen LogP contribution in [0.5, 0.6) is 0 Å². The van der Waals surface area contributed by atoms with Crippen molar-refractivity contribution in [2.24, 2.45) is 0 Å². The first kappa shape index (κ1) is 12.5. The third-order valence-corrected chi connectivity index (χ3v) is 8.68. The summed E-state index contributed by atoms with van der Waals surface area (Å²) in [5, 5.41) is 0. The SMILES string of the molecule is CC[Si](C)(CC)CCc1cccc(C)c1. The van der Waals surface area contributed by atoms with Gasteiger partial charge in [0.1, 0.15) is 0 Å². The van der Waals surface area contributed by atoms with Gasteiger partial charge >= 0.3 is 0 Å². The second-order valence-electron chi connectivity index (χ2n) is 5.01. The third-order valence-electron chi connectivity index (χ3n) is 3.81. The van der Waals surface area contributed by atoms with Gasteiger partial charge < -0.3 is 0 Å². The van der Waals surface area contributed by atoms with Crippen LogP contribution in [0.2, 0.25) is 24.7 Å². The van der Waals surface area contributed by atoms with Crippen LogP contribution in [0.1, 0.15) is 25.0 Å². The van der Waals surface area contributed by atoms with E-state index in [2.05, 4.69) is 51.6 Å². The Morgan fingerprint density at radius 2 is 1.80 bits per heavy atom. The topological polar surface area (TPSA) is 0 Å². The van der Waals surface area contributed by atoms with E-state index in [1.165, 1.54) is 35.7 Å². The van der Waals surface area contributed by atoms with Crippen molar-refractivity contribution in [2.45, 2.75) is 51.9 Å². The minimum atomic E-state index is -0.898. The predicted molar refractivity (Wildman–Crippen MR) is 72.3 cm³/mol. The quantitative estimate of drug-likeness (QED) is 0.633. The number of aryl methyl sites for hydroxylation is 2. The molecule has 0 aliphatic carbocycles. The Labute approximate surface area is 95.7 Å². The predicted octanol–water partition coefficient (Wildman–Crippen LogP) is 4.66. The van der Waals surface area contributed by atoms with E-state index in [-0.39, 0.29) is 0 Å². The second-order valence-corrected chi connectivity index (χ2v) is 10.5. The molecule has 0 aromatic heterocycles. The maximum Gasteiger partial charge on any atom is 0.0502 e. The molecular weight excluding hydrogens is 196 g/mol. The summed E-state index contributed by atoms with van der Waals surface area (Å²) in [5.74, 6) is 0. The Bertz CT molecular complexity index is 300. The lowest BCUT2D eigenvalue weighted by molar-refractivity contribution is 1.05. The van der Waals surface area contributed by atoms with Crippen molar-refractivity contribution < 1.29 is 0 Å². The zero-order valence-electron chi connectivity index (χ0n) is 10.6. The summed E-state index contributed by atoms with van der Waals surface area (Å²) in [7, 11) is -0.898. The van der Waals surface area contributed by atoms with Crippen molar-refractivity contribution in [1.82, 2.24) is 0 Å². The number of hydrogen-bond donors (Lipinski definition) is 0. The van der Waals surface area contributed by atoms with Gasteiger partial charge in [-0.05, 0) is 18.9 Å². The molecule has 15 heavy (non-hydrogen) atoms. The Morgan fingerprint density at radius 3 is 2.33 bits per heavy atom. The minimum absolute atomic E-state index is 0.898. The smallest absolute Gasteiger partial charge is 0.0502 e. The molecule has 84 valence electrons. The van der Waals surface area contributed by atoms with Crippen molar-refractivity contribution in [3.63, 3.8) is 0 Å². The van der Waals surface area contributed by atoms with Gasteiger partial charge in [0, 0.05) is 0 Å². The average Bonchev–Trinajstić information content (AvgIpc) is 2.26. The highest BCUT2D eigenvalue weighted by Gasteiger charge is 2.21. The lowest BCUT2D eigenvalue weighted by Gasteiger charge is -2.24. The molecule has 1 aromatic rings. The van der Waals surface area contributed by atoms with E-state index in [9.17, 15) is 0 Å². The van der Waals surface area contributed by atoms with Crippen LogP contribution >= 0.6 is 0 Å². The van der Waals surface area contributed by atoms with Gasteiger partial charge in [0.15, 0.2) is 0 Å². The van der Waals surface area contributed by atoms with E-state index in [0.717, 1.165) is 0 Å². The molecule has 1 aromatic carbocycles. The molecule has 0 aliphatic rings. The summed E-state index contributed by atoms with van der Waals surface area (Å²) in [4.78, 5) is 0. The third kappa shape index (κ3) is 3.82. The highest BCUT2D eigenvalue weighted by molar-refractivity contribution is 6.78. The summed E-state index contributed by atoms with van der Waals surface area (Å²) in [6.07, 6.45) is 1.28. The van der Waals surface area contributed by atoms with Crippen LogP contribution in [-0.4, -0.2) is 8.07 Å². The van der Waals surface area contributed by atoms with E-state index in [0.29, 0.717) is 0 Å². The summed E-state index contributed by atoms with van der Waals surface area (Å²) in [6, 6.07) is 13.3. The molecular formula is C14H24Si. The number of benzene rings is 1. The Kier molecular flexibility index (Phi) is 4.59. The summed E-state index contributed by atoms with van der Waals surface area (Å²) < 4.78 is 0. The van der Waals surface area contributed by atoms with E-state index < -0.39 is 8.07 Å². The maximum absolute atomic E-state index is 2.54. The molecule has 0 saturated heterocycles. The number of hydrogen-bond acceptors (Lipinski definition) is 0. The molecule has 1 heteroatoms. The minimum Gasteiger partial charge on any atom is -0.0692 e. The van der Waals surface area contributed by atoms with E-state index >= 15 is 0 Å². The molecule has 0 radical (unpaired) electrons. The summed E-state index contributed by atoms with van der Waals surface area (Å²) >= 11 is 0. The highest BCUT2D eigenvalue weighted by Crippen LogP contribution is 2.22. The van der Waals surface area contributed by atoms with Crippen molar-refractivity contribution in [3.05, 3.63) is 35.4 Å². The first-order valence-corrected chi connectivity index (χ1v) is 9.27. The Hall–Kier alpha value is -0.563. The number of rotatable bonds is 5. The zero-order valence-corrected chi connectivity index (χ0v) is 11.6. The molecule has 0 unspecified atom stereocenters. The lowest BCUT2D eigenvalue weighted by Crippen LogP contribution is -2.27. The van der Waals surface area contributed by atoms with E-state index in [1.807, 2.05) is 0 Å². The molecule has 0 saturated carbocycles. The van der Waals surface area contributed by atoms with Gasteiger partial charge in [0.2, 0.25) is 0 Å². The van der Waals surface area contributed by atoms with Crippen LogP contribution in [0.25, 0.3) is 0 Å². The van der Waals surface area contributed by atoms with E-state index in [1.54, 1.807) is 0 Å². The second kappa shape index (κ2) is 5.50. The van der Waals surface area contributed by atoms with Gasteiger partial charge in [-0.15, -0.1) is 0 Å². The summed E-state index contributed by atoms with van der Waals surface area (Å²) in [5.41, 5.74) is 2.92. The van der Waals surface area contributed by atoms with Crippen LogP contribution < -0.4 is 0 Å². The van der Waals surface area contributed by atoms with Crippen LogP contribution in [0, 0.1) is 6.92 Å². The fraction of sp³-hybridized carbons (Fsp3) is 0.571. The standard InChI is InChI=1S/C14H24Si/c1-5-15(4,6-2)11-10-14-9-7-8-13(3)12-14/h7-9,12H,5-6,10-11H2,1-4H3. The highest BCUT2D eigenvalue weighted by atomic mass is 28.3. The van der Waals surface area contributed by atoms with Crippen molar-refractivity contribution >= 4 is 8.07 Å². The van der Waals surface area contributed by atoms with Gasteiger partial charge in [0.05, 0.1) is 8.07 Å². The Morgan fingerprint density at radius 1 is 1.13 bits per heavy atom. The molecule has 0 spiro atoms. The lowest BCUT2D eigenvalue weighted by atomic mass is 10.1. The van der Waals surface area contributed by atoms with Crippen LogP contribution in [0.4, 0.5) is 0 Å². The molecule has 0 heterocycles. The largest absolute Gasteiger partial charge is 0.0692 e. The Balaban J connectivity index is 2.56. The zero-order chi connectivity index (χ0) is 11.3. The average molecular weight is 220 g/mol. The fourth-order valence-corrected chi connectivity index (χ4v) is 4.02. The van der Waals surface area contributed by atoms with Gasteiger partial charge in [-0.3, -0.25) is 0 Å². The van der Waals surface area contributed by atoms with Crippen molar-refractivity contribution in [2.75, 3.05) is 0 Å². The van der Waals surface area contributed by atoms with Gasteiger partial charge in [-0.2, -0.15) is 0 Å². The molecule has 0 fully saturated rings. The molecule has 0 nitrogen and oxygen atoms in total. The van der Waals surface area contributed by atoms with Crippen LogP contribution in [0.15, 0.2) is 24.3 Å². The van der Waals surface area contributed by atoms with Crippen LogP contribution in [0.3, 0.4) is 0 Å². The monoisotopic (exact) mass is 220 g/mol. The molecule has 0 bridgehead atoms. The molecule has 0 N–H and O–H groups in total. The molecule has 0 aliphatic heterocycles. The molecule has 1 rings (SSSR count). The molecule has 0 atom stereocenters. The normalized spacial score (nSPS) is 11.7. The van der Waals surface area contributed by atoms with Gasteiger partial charge in [-0.1, -0.05) is 68.4 Å². The first-order chi connectivity index (χ1) is 7.09. The maximum atomic E-state index is 2.54. The molecule has 0 amide bonds. The van der Waals surface area contributed by atoms with Crippen LogP contribution in [-0.2, 0) is 6.42 Å². The first-order valence-electron chi connectivity index (χ1n) is 6.15. The van der Waals surface area contributed by atoms with Gasteiger partial charge in [-0.25, -0.2) is 0 Å². The summed E-state index contributed by atoms with van der Waals surface area (Å²) in [6.45, 7) is 9.46. The van der Waals surface area contributed by atoms with Gasteiger partial charge in [0.25, 0.3) is 0 Å².